The lowest BCUT2D eigenvalue weighted by molar-refractivity contribution is -0.125. The van der Waals surface area contributed by atoms with Gasteiger partial charge in [-0.1, -0.05) is 0 Å². The molecule has 4 nitrogen and oxygen atoms in total. The third kappa shape index (κ3) is 7.67. The van der Waals surface area contributed by atoms with Crippen LogP contribution in [0.5, 0.6) is 0 Å². The summed E-state index contributed by atoms with van der Waals surface area (Å²) in [6.07, 6.45) is 1.95. The van der Waals surface area contributed by atoms with Gasteiger partial charge in [0.25, 0.3) is 0 Å². The van der Waals surface area contributed by atoms with E-state index in [1.54, 1.807) is 0 Å². The van der Waals surface area contributed by atoms with E-state index >= 15 is 0 Å². The van der Waals surface area contributed by atoms with Crippen LogP contribution in [0.4, 0.5) is 0 Å². The Morgan fingerprint density at radius 3 is 2.10 bits per heavy atom. The molecule has 0 bridgehead atoms. The van der Waals surface area contributed by atoms with Crippen LogP contribution in [0.25, 0.3) is 0 Å². The number of hydrogen-bond acceptors (Lipinski definition) is 3. The molecule has 1 aliphatic rings. The number of halogens is 2. The second-order valence-corrected chi connectivity index (χ2v) is 5.74. The van der Waals surface area contributed by atoms with Crippen molar-refractivity contribution in [3.8, 4) is 0 Å². The van der Waals surface area contributed by atoms with Crippen molar-refractivity contribution in [1.82, 2.24) is 15.5 Å². The monoisotopic (exact) mass is 327 g/mol. The first-order valence-corrected chi connectivity index (χ1v) is 7.26. The molecular weight excluding hydrogens is 297 g/mol. The molecule has 6 heteroatoms. The Kier molecular flexibility index (Phi) is 12.9. The van der Waals surface area contributed by atoms with Crippen LogP contribution < -0.4 is 10.6 Å². The van der Waals surface area contributed by atoms with Crippen molar-refractivity contribution in [2.75, 3.05) is 26.2 Å². The summed E-state index contributed by atoms with van der Waals surface area (Å²) in [6, 6.07) is 1.06. The highest BCUT2D eigenvalue weighted by Gasteiger charge is 2.20. The van der Waals surface area contributed by atoms with E-state index in [1.807, 2.05) is 0 Å². The van der Waals surface area contributed by atoms with Crippen LogP contribution in [0.3, 0.4) is 0 Å². The first-order valence-electron chi connectivity index (χ1n) is 7.26. The molecule has 0 aromatic heterocycles. The smallest absolute Gasteiger partial charge is 0.223 e. The molecule has 0 aromatic carbocycles. The molecule has 0 spiro atoms. The highest BCUT2D eigenvalue weighted by atomic mass is 35.5. The van der Waals surface area contributed by atoms with Crippen LogP contribution in [-0.2, 0) is 4.79 Å². The van der Waals surface area contributed by atoms with E-state index in [2.05, 4.69) is 43.2 Å². The summed E-state index contributed by atoms with van der Waals surface area (Å²) in [5.41, 5.74) is 0. The van der Waals surface area contributed by atoms with E-state index in [0.717, 1.165) is 39.0 Å². The highest BCUT2D eigenvalue weighted by molar-refractivity contribution is 5.85. The molecule has 0 aromatic rings. The van der Waals surface area contributed by atoms with Crippen molar-refractivity contribution in [2.45, 2.75) is 52.6 Å². The van der Waals surface area contributed by atoms with Crippen LogP contribution in [-0.4, -0.2) is 49.1 Å². The summed E-state index contributed by atoms with van der Waals surface area (Å²) in [5.74, 6) is 0.460. The van der Waals surface area contributed by atoms with E-state index in [4.69, 9.17) is 0 Å². The molecule has 1 heterocycles. The van der Waals surface area contributed by atoms with E-state index < -0.39 is 0 Å². The number of nitrogens with zero attached hydrogens (tertiary/aromatic N) is 1. The van der Waals surface area contributed by atoms with Crippen molar-refractivity contribution in [3.05, 3.63) is 0 Å². The third-order valence-electron chi connectivity index (χ3n) is 3.71. The van der Waals surface area contributed by atoms with E-state index in [9.17, 15) is 4.79 Å². The zero-order valence-corrected chi connectivity index (χ0v) is 14.8. The minimum Gasteiger partial charge on any atom is -0.355 e. The molecule has 1 amide bonds. The number of carbonyl (C=O) groups is 1. The van der Waals surface area contributed by atoms with Gasteiger partial charge in [-0.2, -0.15) is 0 Å². The Balaban J connectivity index is 0. The van der Waals surface area contributed by atoms with E-state index in [-0.39, 0.29) is 36.6 Å². The molecular formula is C14H31Cl2N3O. The van der Waals surface area contributed by atoms with Gasteiger partial charge in [-0.05, 0) is 53.6 Å². The summed E-state index contributed by atoms with van der Waals surface area (Å²) in [5, 5.41) is 6.37. The second-order valence-electron chi connectivity index (χ2n) is 5.74. The summed E-state index contributed by atoms with van der Waals surface area (Å²) < 4.78 is 0. The largest absolute Gasteiger partial charge is 0.355 e. The van der Waals surface area contributed by atoms with E-state index in [1.165, 1.54) is 0 Å². The molecule has 0 aliphatic carbocycles. The standard InChI is InChI=1S/C14H29N3O.2ClH/c1-11(2)17(12(3)4)10-9-16-14(18)13-5-7-15-8-6-13;;/h11-13,15H,5-10H2,1-4H3,(H,16,18);2*1H. The summed E-state index contributed by atoms with van der Waals surface area (Å²) in [4.78, 5) is 14.4. The maximum Gasteiger partial charge on any atom is 0.223 e. The average molecular weight is 328 g/mol. The molecule has 122 valence electrons. The maximum atomic E-state index is 12.0. The van der Waals surface area contributed by atoms with Crippen LogP contribution in [0.2, 0.25) is 0 Å². The Morgan fingerprint density at radius 2 is 1.65 bits per heavy atom. The maximum absolute atomic E-state index is 12.0. The Bertz CT molecular complexity index is 249. The number of rotatable bonds is 6. The van der Waals surface area contributed by atoms with Gasteiger partial charge in [0.05, 0.1) is 0 Å². The lowest BCUT2D eigenvalue weighted by Crippen LogP contribution is -2.44. The van der Waals surface area contributed by atoms with Gasteiger partial charge in [0, 0.05) is 31.1 Å². The highest BCUT2D eigenvalue weighted by Crippen LogP contribution is 2.11. The van der Waals surface area contributed by atoms with Crippen LogP contribution in [0.1, 0.15) is 40.5 Å². The van der Waals surface area contributed by atoms with Crippen LogP contribution >= 0.6 is 24.8 Å². The zero-order valence-electron chi connectivity index (χ0n) is 13.1. The lowest BCUT2D eigenvalue weighted by atomic mass is 9.97. The van der Waals surface area contributed by atoms with Crippen molar-refractivity contribution in [2.24, 2.45) is 5.92 Å². The number of nitrogens with one attached hydrogen (secondary N) is 2. The third-order valence-corrected chi connectivity index (χ3v) is 3.71. The van der Waals surface area contributed by atoms with Crippen LogP contribution in [0, 0.1) is 5.92 Å². The molecule has 0 radical (unpaired) electrons. The molecule has 0 saturated carbocycles. The second kappa shape index (κ2) is 11.6. The first kappa shape index (κ1) is 22.3. The quantitative estimate of drug-likeness (QED) is 0.784. The van der Waals surface area contributed by atoms with Crippen molar-refractivity contribution >= 4 is 30.7 Å². The SMILES string of the molecule is CC(C)N(CCNC(=O)C1CCNCC1)C(C)C.Cl.Cl. The predicted octanol–water partition coefficient (Wildman–Crippen LogP) is 2.06. The summed E-state index contributed by atoms with van der Waals surface area (Å²) in [6.45, 7) is 12.5. The predicted molar refractivity (Wildman–Crippen MR) is 90.1 cm³/mol. The fourth-order valence-corrected chi connectivity index (χ4v) is 2.65. The topological polar surface area (TPSA) is 44.4 Å². The minimum absolute atomic E-state index is 0. The number of carbonyl (C=O) groups excluding carboxylic acids is 1. The molecule has 1 saturated heterocycles. The van der Waals surface area contributed by atoms with Crippen LogP contribution in [0.15, 0.2) is 0 Å². The summed E-state index contributed by atoms with van der Waals surface area (Å²) >= 11 is 0. The van der Waals surface area contributed by atoms with E-state index in [0.29, 0.717) is 12.1 Å². The fraction of sp³-hybridized carbons (Fsp3) is 0.929. The molecule has 0 unspecified atom stereocenters. The minimum atomic E-state index is 0. The van der Waals surface area contributed by atoms with Crippen molar-refractivity contribution < 1.29 is 4.79 Å². The average Bonchev–Trinajstić information content (AvgIpc) is 2.34. The molecule has 1 aliphatic heterocycles. The van der Waals surface area contributed by atoms with Gasteiger partial charge in [-0.3, -0.25) is 9.69 Å². The molecule has 2 N–H and O–H groups in total. The van der Waals surface area contributed by atoms with Crippen molar-refractivity contribution in [3.63, 3.8) is 0 Å². The normalized spacial score (nSPS) is 15.9. The summed E-state index contributed by atoms with van der Waals surface area (Å²) in [7, 11) is 0. The molecule has 1 fully saturated rings. The first-order chi connectivity index (χ1) is 8.52. The van der Waals surface area contributed by atoms with Gasteiger partial charge in [-0.15, -0.1) is 24.8 Å². The molecule has 0 atom stereocenters. The fourth-order valence-electron chi connectivity index (χ4n) is 2.65. The lowest BCUT2D eigenvalue weighted by Gasteiger charge is -2.31. The van der Waals surface area contributed by atoms with Gasteiger partial charge in [-0.25, -0.2) is 0 Å². The number of hydrogen-bond donors (Lipinski definition) is 2. The molecule has 1 rings (SSSR count). The van der Waals surface area contributed by atoms with Gasteiger partial charge < -0.3 is 10.6 Å². The van der Waals surface area contributed by atoms with Gasteiger partial charge in [0.15, 0.2) is 0 Å². The van der Waals surface area contributed by atoms with Gasteiger partial charge in [0.1, 0.15) is 0 Å². The number of piperidine rings is 1. The Hall–Kier alpha value is -0.0300. The number of amides is 1. The van der Waals surface area contributed by atoms with Crippen molar-refractivity contribution in [1.29, 1.82) is 0 Å². The Morgan fingerprint density at radius 1 is 1.15 bits per heavy atom. The Labute approximate surface area is 136 Å². The van der Waals surface area contributed by atoms with Gasteiger partial charge >= 0.3 is 0 Å². The molecule has 20 heavy (non-hydrogen) atoms. The van der Waals surface area contributed by atoms with Gasteiger partial charge in [0.2, 0.25) is 5.91 Å². The zero-order chi connectivity index (χ0) is 13.5.